The van der Waals surface area contributed by atoms with Crippen molar-refractivity contribution in [2.24, 2.45) is 11.8 Å². The van der Waals surface area contributed by atoms with Crippen molar-refractivity contribution in [2.45, 2.75) is 95.6 Å². The molecule has 0 aromatic heterocycles. The Morgan fingerprint density at radius 1 is 1.05 bits per heavy atom. The molecule has 1 aliphatic heterocycles. The van der Waals surface area contributed by atoms with Gasteiger partial charge in [-0.2, -0.15) is 0 Å². The summed E-state index contributed by atoms with van der Waals surface area (Å²) >= 11 is 0. The molecule has 2 aliphatic rings. The van der Waals surface area contributed by atoms with Crippen molar-refractivity contribution in [2.75, 3.05) is 13.2 Å². The van der Waals surface area contributed by atoms with Gasteiger partial charge in [-0.15, -0.1) is 0 Å². The molecule has 3 rings (SSSR count). The molecule has 1 fully saturated rings. The van der Waals surface area contributed by atoms with Gasteiger partial charge in [-0.1, -0.05) is 74.6 Å². The maximum Gasteiger partial charge on any atom is 0.305 e. The van der Waals surface area contributed by atoms with E-state index in [-0.39, 0.29) is 43.5 Å². The summed E-state index contributed by atoms with van der Waals surface area (Å²) in [5.74, 6) is -0.660. The van der Waals surface area contributed by atoms with Crippen molar-refractivity contribution in [3.05, 3.63) is 48.0 Å². The normalized spacial score (nSPS) is 23.4. The molecule has 204 valence electrons. The van der Waals surface area contributed by atoms with Crippen molar-refractivity contribution in [1.29, 1.82) is 0 Å². The predicted molar refractivity (Wildman–Crippen MR) is 144 cm³/mol. The van der Waals surface area contributed by atoms with E-state index in [1.807, 2.05) is 42.5 Å². The number of ether oxygens (including phenoxy) is 1. The van der Waals surface area contributed by atoms with Crippen LogP contribution in [0.5, 0.6) is 0 Å². The van der Waals surface area contributed by atoms with Crippen LogP contribution in [0.15, 0.2) is 42.5 Å². The van der Waals surface area contributed by atoms with Crippen LogP contribution in [0.4, 0.5) is 0 Å². The third kappa shape index (κ3) is 11.1. The summed E-state index contributed by atoms with van der Waals surface area (Å²) in [5.41, 5.74) is 1.03. The van der Waals surface area contributed by atoms with Gasteiger partial charge in [0.25, 0.3) is 0 Å². The molecule has 1 aromatic carbocycles. The summed E-state index contributed by atoms with van der Waals surface area (Å²) < 4.78 is 5.55. The summed E-state index contributed by atoms with van der Waals surface area (Å²) in [4.78, 5) is 38.5. The number of benzene rings is 1. The zero-order valence-corrected chi connectivity index (χ0v) is 22.0. The average Bonchev–Trinajstić information content (AvgIpc) is 2.90. The van der Waals surface area contributed by atoms with Crippen LogP contribution in [0.25, 0.3) is 0 Å². The highest BCUT2D eigenvalue weighted by Gasteiger charge is 2.27. The fourth-order valence-corrected chi connectivity index (χ4v) is 5.34. The lowest BCUT2D eigenvalue weighted by Crippen LogP contribution is -2.45. The smallest absolute Gasteiger partial charge is 0.305 e. The number of cyclic esters (lactones) is 1. The lowest BCUT2D eigenvalue weighted by molar-refractivity contribution is -0.145. The van der Waals surface area contributed by atoms with E-state index in [9.17, 15) is 19.5 Å². The molecule has 1 saturated carbocycles. The molecule has 1 aliphatic carbocycles. The van der Waals surface area contributed by atoms with Crippen LogP contribution in [0.1, 0.15) is 82.6 Å². The van der Waals surface area contributed by atoms with E-state index < -0.39 is 12.0 Å². The first kappa shape index (κ1) is 28.9. The molecule has 0 spiro atoms. The van der Waals surface area contributed by atoms with Crippen LogP contribution in [-0.4, -0.2) is 48.2 Å². The lowest BCUT2D eigenvalue weighted by atomic mass is 9.84. The molecule has 2 amide bonds. The highest BCUT2D eigenvalue weighted by molar-refractivity contribution is 5.86. The molecule has 7 heteroatoms. The van der Waals surface area contributed by atoms with Crippen LogP contribution in [-0.2, 0) is 25.5 Å². The Morgan fingerprint density at radius 3 is 2.59 bits per heavy atom. The second-order valence-corrected chi connectivity index (χ2v) is 10.6. The van der Waals surface area contributed by atoms with Gasteiger partial charge in [-0.3, -0.25) is 14.4 Å². The Hall–Kier alpha value is -2.67. The number of carbonyl (C=O) groups is 3. The van der Waals surface area contributed by atoms with Gasteiger partial charge in [0.1, 0.15) is 6.61 Å². The highest BCUT2D eigenvalue weighted by Crippen LogP contribution is 2.28. The minimum atomic E-state index is -0.528. The van der Waals surface area contributed by atoms with Gasteiger partial charge in [-0.25, -0.2) is 0 Å². The molecule has 7 nitrogen and oxygen atoms in total. The van der Waals surface area contributed by atoms with Crippen molar-refractivity contribution in [1.82, 2.24) is 10.6 Å². The van der Waals surface area contributed by atoms with Crippen LogP contribution in [0.3, 0.4) is 0 Å². The largest absolute Gasteiger partial charge is 0.463 e. The molecule has 3 atom stereocenters. The summed E-state index contributed by atoms with van der Waals surface area (Å²) in [6.45, 7) is 0.00568. The average molecular weight is 513 g/mol. The van der Waals surface area contributed by atoms with Gasteiger partial charge in [0.15, 0.2) is 0 Å². The van der Waals surface area contributed by atoms with E-state index in [4.69, 9.17) is 4.74 Å². The van der Waals surface area contributed by atoms with Gasteiger partial charge in [-0.05, 0) is 50.0 Å². The van der Waals surface area contributed by atoms with E-state index in [1.54, 1.807) is 0 Å². The second kappa shape index (κ2) is 16.2. The van der Waals surface area contributed by atoms with Gasteiger partial charge in [0.05, 0.1) is 24.6 Å². The van der Waals surface area contributed by atoms with Crippen LogP contribution < -0.4 is 10.6 Å². The molecule has 1 heterocycles. The monoisotopic (exact) mass is 512 g/mol. The molecular weight excluding hydrogens is 468 g/mol. The third-order valence-corrected chi connectivity index (χ3v) is 7.44. The Balaban J connectivity index is 1.64. The first-order chi connectivity index (χ1) is 18.0. The zero-order chi connectivity index (χ0) is 26.3. The van der Waals surface area contributed by atoms with Gasteiger partial charge in [0.2, 0.25) is 11.8 Å². The van der Waals surface area contributed by atoms with E-state index >= 15 is 0 Å². The van der Waals surface area contributed by atoms with Gasteiger partial charge >= 0.3 is 5.97 Å². The number of hydrogen-bond donors (Lipinski definition) is 3. The number of carbonyl (C=O) groups excluding carboxylic acids is 3. The van der Waals surface area contributed by atoms with Crippen molar-refractivity contribution < 1.29 is 24.2 Å². The number of rotatable bonds is 8. The maximum atomic E-state index is 13.4. The second-order valence-electron chi connectivity index (χ2n) is 10.6. The first-order valence-corrected chi connectivity index (χ1v) is 14.1. The number of hydrogen-bond acceptors (Lipinski definition) is 5. The molecular formula is C30H44N2O5. The number of nitrogens with one attached hydrogen (secondary N) is 2. The topological polar surface area (TPSA) is 105 Å². The van der Waals surface area contributed by atoms with E-state index in [0.717, 1.165) is 44.1 Å². The Bertz CT molecular complexity index is 866. The summed E-state index contributed by atoms with van der Waals surface area (Å²) in [7, 11) is 0. The first-order valence-electron chi connectivity index (χ1n) is 14.1. The number of amides is 2. The number of allylic oxidation sites excluding steroid dienone is 2. The van der Waals surface area contributed by atoms with E-state index in [2.05, 4.69) is 10.6 Å². The zero-order valence-electron chi connectivity index (χ0n) is 22.0. The molecule has 0 bridgehead atoms. The third-order valence-electron chi connectivity index (χ3n) is 7.44. The number of aliphatic hydroxyl groups is 1. The Kier molecular flexibility index (Phi) is 12.7. The molecule has 0 unspecified atom stereocenters. The quantitative estimate of drug-likeness (QED) is 0.357. The van der Waals surface area contributed by atoms with Crippen molar-refractivity contribution >= 4 is 17.8 Å². The van der Waals surface area contributed by atoms with Crippen molar-refractivity contribution in [3.63, 3.8) is 0 Å². The molecule has 3 N–H and O–H groups in total. The molecule has 37 heavy (non-hydrogen) atoms. The molecule has 0 saturated heterocycles. The van der Waals surface area contributed by atoms with Crippen molar-refractivity contribution in [3.8, 4) is 0 Å². The molecule has 0 radical (unpaired) electrons. The fourth-order valence-electron chi connectivity index (χ4n) is 5.34. The summed E-state index contributed by atoms with van der Waals surface area (Å²) in [5, 5.41) is 15.8. The van der Waals surface area contributed by atoms with Crippen LogP contribution in [0.2, 0.25) is 0 Å². The van der Waals surface area contributed by atoms with Gasteiger partial charge in [0, 0.05) is 12.8 Å². The minimum absolute atomic E-state index is 0.0391. The maximum absolute atomic E-state index is 13.4. The lowest BCUT2D eigenvalue weighted by Gasteiger charge is -2.28. The van der Waals surface area contributed by atoms with Crippen LogP contribution >= 0.6 is 0 Å². The highest BCUT2D eigenvalue weighted by atomic mass is 16.5. The fraction of sp³-hybridized carbons (Fsp3) is 0.633. The summed E-state index contributed by atoms with van der Waals surface area (Å²) in [6, 6.07) is 9.05. The SMILES string of the molecule is O=C(C[C@H]1CC=CCCCCC(=O)OC[C@H](CC2CCCCC2)NC1=O)N[C@H](CO)Cc1ccccc1. The molecule has 1 aromatic rings. The number of aliphatic hydroxyl groups excluding tert-OH is 1. The Morgan fingerprint density at radius 2 is 1.84 bits per heavy atom. The predicted octanol–water partition coefficient (Wildman–Crippen LogP) is 4.23. The van der Waals surface area contributed by atoms with E-state index in [1.165, 1.54) is 19.3 Å². The number of esters is 1. The van der Waals surface area contributed by atoms with Gasteiger partial charge < -0.3 is 20.5 Å². The van der Waals surface area contributed by atoms with Crippen LogP contribution in [0, 0.1) is 11.8 Å². The standard InChI is InChI=1S/C30H44N2O5/c33-21-26(18-23-12-6-4-7-13-23)31-28(34)20-25-16-10-2-1-3-11-17-29(35)37-22-27(32-30(25)36)19-24-14-8-5-9-15-24/h2,4,6-7,10,12-13,24-27,33H,1,3,5,8-9,11,14-22H2,(H,31,34)(H,32,36)/t25-,26+,27+/m1/s1. The summed E-state index contributed by atoms with van der Waals surface area (Å²) in [6.07, 6.45) is 14.6. The minimum Gasteiger partial charge on any atom is -0.463 e. The Labute approximate surface area is 221 Å². The van der Waals surface area contributed by atoms with E-state index in [0.29, 0.717) is 25.2 Å².